The molecular formula is C13H14Cl2FN3. The summed E-state index contributed by atoms with van der Waals surface area (Å²) in [6.07, 6.45) is 0. The molecule has 0 bridgehead atoms. The van der Waals surface area contributed by atoms with Gasteiger partial charge in [-0.25, -0.2) is 4.39 Å². The van der Waals surface area contributed by atoms with Crippen LogP contribution in [0, 0.1) is 12.7 Å². The fourth-order valence-corrected chi connectivity index (χ4v) is 2.30. The molecule has 6 heteroatoms. The summed E-state index contributed by atoms with van der Waals surface area (Å²) < 4.78 is 15.0. The minimum Gasteiger partial charge on any atom is -0.379 e. The Labute approximate surface area is 121 Å². The van der Waals surface area contributed by atoms with Crippen LogP contribution < -0.4 is 5.32 Å². The van der Waals surface area contributed by atoms with Crippen LogP contribution in [0.4, 0.5) is 10.1 Å². The van der Waals surface area contributed by atoms with Gasteiger partial charge >= 0.3 is 0 Å². The van der Waals surface area contributed by atoms with Crippen LogP contribution in [-0.4, -0.2) is 9.78 Å². The number of hydrogen-bond acceptors (Lipinski definition) is 2. The number of benzene rings is 1. The molecule has 1 aromatic carbocycles. The van der Waals surface area contributed by atoms with E-state index >= 15 is 0 Å². The fourth-order valence-electron chi connectivity index (χ4n) is 1.88. The number of aromatic nitrogens is 2. The molecule has 2 rings (SSSR count). The topological polar surface area (TPSA) is 29.9 Å². The quantitative estimate of drug-likeness (QED) is 0.914. The van der Waals surface area contributed by atoms with Gasteiger partial charge in [0.1, 0.15) is 5.82 Å². The first-order valence-corrected chi connectivity index (χ1v) is 6.68. The van der Waals surface area contributed by atoms with E-state index in [1.807, 2.05) is 18.5 Å². The molecule has 1 aromatic heterocycles. The first-order chi connectivity index (χ1) is 9.01. The minimum atomic E-state index is -0.374. The molecule has 0 aliphatic rings. The molecule has 0 saturated carbocycles. The molecule has 19 heavy (non-hydrogen) atoms. The summed E-state index contributed by atoms with van der Waals surface area (Å²) in [5, 5.41) is 8.41. The molecule has 0 aliphatic carbocycles. The monoisotopic (exact) mass is 301 g/mol. The number of halogens is 3. The summed E-state index contributed by atoms with van der Waals surface area (Å²) in [4.78, 5) is 0. The van der Waals surface area contributed by atoms with Crippen LogP contribution in [-0.2, 0) is 13.1 Å². The van der Waals surface area contributed by atoms with Crippen molar-refractivity contribution in [2.24, 2.45) is 0 Å². The van der Waals surface area contributed by atoms with E-state index in [9.17, 15) is 4.39 Å². The van der Waals surface area contributed by atoms with Crippen LogP contribution in [0.2, 0.25) is 10.0 Å². The van der Waals surface area contributed by atoms with E-state index in [0.29, 0.717) is 22.3 Å². The second-order valence-electron chi connectivity index (χ2n) is 4.17. The first-order valence-electron chi connectivity index (χ1n) is 5.93. The highest BCUT2D eigenvalue weighted by molar-refractivity contribution is 6.32. The van der Waals surface area contributed by atoms with Crippen LogP contribution in [0.15, 0.2) is 18.2 Å². The molecule has 2 aromatic rings. The maximum atomic E-state index is 13.2. The van der Waals surface area contributed by atoms with Gasteiger partial charge in [0.2, 0.25) is 0 Å². The first kappa shape index (κ1) is 14.2. The van der Waals surface area contributed by atoms with Crippen LogP contribution in [0.25, 0.3) is 0 Å². The Morgan fingerprint density at radius 3 is 2.68 bits per heavy atom. The Bertz CT molecular complexity index is 576. The van der Waals surface area contributed by atoms with Crippen LogP contribution >= 0.6 is 23.2 Å². The molecule has 3 nitrogen and oxygen atoms in total. The van der Waals surface area contributed by atoms with E-state index in [2.05, 4.69) is 10.4 Å². The lowest BCUT2D eigenvalue weighted by atomic mass is 10.3. The zero-order chi connectivity index (χ0) is 14.0. The number of rotatable bonds is 4. The molecule has 0 saturated heterocycles. The van der Waals surface area contributed by atoms with E-state index < -0.39 is 0 Å². The number of nitrogens with zero attached hydrogens (tertiary/aromatic N) is 2. The number of aryl methyl sites for hydroxylation is 2. The van der Waals surface area contributed by atoms with E-state index in [0.717, 1.165) is 17.9 Å². The number of hydrogen-bond donors (Lipinski definition) is 1. The molecule has 1 heterocycles. The summed E-state index contributed by atoms with van der Waals surface area (Å²) in [7, 11) is 0. The Morgan fingerprint density at radius 2 is 2.05 bits per heavy atom. The normalized spacial score (nSPS) is 10.8. The highest BCUT2D eigenvalue weighted by atomic mass is 35.5. The van der Waals surface area contributed by atoms with Crippen molar-refractivity contribution in [3.8, 4) is 0 Å². The van der Waals surface area contributed by atoms with Gasteiger partial charge in [-0.2, -0.15) is 5.10 Å². The lowest BCUT2D eigenvalue weighted by Crippen LogP contribution is -2.08. The smallest absolute Gasteiger partial charge is 0.126 e. The molecular weight excluding hydrogens is 288 g/mol. The summed E-state index contributed by atoms with van der Waals surface area (Å²) in [6, 6.07) is 4.32. The van der Waals surface area contributed by atoms with Gasteiger partial charge in [-0.1, -0.05) is 23.2 Å². The predicted molar refractivity (Wildman–Crippen MR) is 76.4 cm³/mol. The highest BCUT2D eigenvalue weighted by Gasteiger charge is 2.12. The van der Waals surface area contributed by atoms with E-state index in [4.69, 9.17) is 23.2 Å². The standard InChI is InChI=1S/C13H14Cl2FN3/c1-3-19-12(13(15)8(2)18-19)7-17-11-5-9(14)4-10(16)6-11/h4-6,17H,3,7H2,1-2H3. The largest absolute Gasteiger partial charge is 0.379 e. The number of anilines is 1. The van der Waals surface area contributed by atoms with Crippen molar-refractivity contribution in [1.82, 2.24) is 9.78 Å². The molecule has 0 amide bonds. The molecule has 1 N–H and O–H groups in total. The summed E-state index contributed by atoms with van der Waals surface area (Å²) >= 11 is 12.0. The average molecular weight is 302 g/mol. The maximum absolute atomic E-state index is 13.2. The van der Waals surface area contributed by atoms with Crippen molar-refractivity contribution in [3.05, 3.63) is 45.4 Å². The van der Waals surface area contributed by atoms with Crippen molar-refractivity contribution in [2.45, 2.75) is 26.9 Å². The Hall–Kier alpha value is -1.26. The van der Waals surface area contributed by atoms with E-state index in [1.54, 1.807) is 6.07 Å². The zero-order valence-electron chi connectivity index (χ0n) is 10.7. The third-order valence-corrected chi connectivity index (χ3v) is 3.49. The third-order valence-electron chi connectivity index (χ3n) is 2.78. The number of nitrogens with one attached hydrogen (secondary N) is 1. The van der Waals surface area contributed by atoms with Gasteiger partial charge in [-0.15, -0.1) is 0 Å². The SMILES string of the molecule is CCn1nc(C)c(Cl)c1CNc1cc(F)cc(Cl)c1. The van der Waals surface area contributed by atoms with Crippen LogP contribution in [0.3, 0.4) is 0 Å². The third kappa shape index (κ3) is 3.19. The minimum absolute atomic E-state index is 0.355. The molecule has 0 unspecified atom stereocenters. The maximum Gasteiger partial charge on any atom is 0.126 e. The van der Waals surface area contributed by atoms with Crippen molar-refractivity contribution < 1.29 is 4.39 Å². The average Bonchev–Trinajstić information content (AvgIpc) is 2.62. The van der Waals surface area contributed by atoms with Crippen molar-refractivity contribution >= 4 is 28.9 Å². The Balaban J connectivity index is 2.18. The highest BCUT2D eigenvalue weighted by Crippen LogP contribution is 2.23. The van der Waals surface area contributed by atoms with Gasteiger partial charge in [0, 0.05) is 17.3 Å². The van der Waals surface area contributed by atoms with Crippen LogP contribution in [0.5, 0.6) is 0 Å². The van der Waals surface area contributed by atoms with Crippen molar-refractivity contribution in [1.29, 1.82) is 0 Å². The van der Waals surface area contributed by atoms with E-state index in [1.165, 1.54) is 12.1 Å². The van der Waals surface area contributed by atoms with E-state index in [-0.39, 0.29) is 5.82 Å². The Morgan fingerprint density at radius 1 is 1.32 bits per heavy atom. The van der Waals surface area contributed by atoms with Gasteiger partial charge in [0.15, 0.2) is 0 Å². The lowest BCUT2D eigenvalue weighted by Gasteiger charge is -2.09. The Kier molecular flexibility index (Phi) is 4.32. The second-order valence-corrected chi connectivity index (χ2v) is 4.99. The molecule has 102 valence electrons. The lowest BCUT2D eigenvalue weighted by molar-refractivity contribution is 0.621. The fraction of sp³-hybridized carbons (Fsp3) is 0.308. The van der Waals surface area contributed by atoms with Gasteiger partial charge in [-0.05, 0) is 32.0 Å². The van der Waals surface area contributed by atoms with Gasteiger partial charge in [-0.3, -0.25) is 4.68 Å². The van der Waals surface area contributed by atoms with Gasteiger partial charge < -0.3 is 5.32 Å². The summed E-state index contributed by atoms with van der Waals surface area (Å²) in [6.45, 7) is 5.05. The predicted octanol–water partition coefficient (Wildman–Crippen LogP) is 4.27. The van der Waals surface area contributed by atoms with Crippen LogP contribution in [0.1, 0.15) is 18.3 Å². The zero-order valence-corrected chi connectivity index (χ0v) is 12.2. The molecule has 0 aliphatic heterocycles. The van der Waals surface area contributed by atoms with Crippen molar-refractivity contribution in [2.75, 3.05) is 5.32 Å². The molecule has 0 spiro atoms. The summed E-state index contributed by atoms with van der Waals surface area (Å²) in [5.41, 5.74) is 2.28. The van der Waals surface area contributed by atoms with Gasteiger partial charge in [0.25, 0.3) is 0 Å². The molecule has 0 radical (unpaired) electrons. The van der Waals surface area contributed by atoms with Crippen molar-refractivity contribution in [3.63, 3.8) is 0 Å². The molecule has 0 fully saturated rings. The van der Waals surface area contributed by atoms with Gasteiger partial charge in [0.05, 0.1) is 23.0 Å². The summed E-state index contributed by atoms with van der Waals surface area (Å²) in [5.74, 6) is -0.374. The second kappa shape index (κ2) is 5.80. The molecule has 0 atom stereocenters.